The fourth-order valence-corrected chi connectivity index (χ4v) is 4.46. The van der Waals surface area contributed by atoms with Crippen LogP contribution in [0, 0.1) is 5.92 Å². The van der Waals surface area contributed by atoms with Gasteiger partial charge in [0, 0.05) is 12.1 Å². The average molecular weight is 325 g/mol. The van der Waals surface area contributed by atoms with Crippen LogP contribution in [0.1, 0.15) is 39.0 Å². The van der Waals surface area contributed by atoms with Crippen LogP contribution in [0.4, 0.5) is 0 Å². The average Bonchev–Trinajstić information content (AvgIpc) is 2.56. The standard InChI is InChI=1S/C17H27NO3S/c1-17(14-19,15-8-4-2-5-9-15)18-12-13-22(20,21)16-10-6-3-7-11-16/h3,6-7,10-11,15,18-19H,2,4-5,8-9,12-14H2,1H3. The van der Waals surface area contributed by atoms with E-state index in [1.165, 1.54) is 19.3 Å². The molecule has 1 atom stereocenters. The van der Waals surface area contributed by atoms with Crippen LogP contribution in [0.5, 0.6) is 0 Å². The lowest BCUT2D eigenvalue weighted by molar-refractivity contribution is 0.0971. The summed E-state index contributed by atoms with van der Waals surface area (Å²) in [4.78, 5) is 0.361. The minimum absolute atomic E-state index is 0.0447. The van der Waals surface area contributed by atoms with E-state index in [0.29, 0.717) is 17.4 Å². The Bertz CT molecular complexity index is 553. The summed E-state index contributed by atoms with van der Waals surface area (Å²) in [6, 6.07) is 8.53. The predicted molar refractivity (Wildman–Crippen MR) is 88.6 cm³/mol. The first-order chi connectivity index (χ1) is 10.5. The van der Waals surface area contributed by atoms with Gasteiger partial charge in [-0.25, -0.2) is 8.42 Å². The molecule has 0 aromatic heterocycles. The van der Waals surface area contributed by atoms with Gasteiger partial charge in [-0.05, 0) is 37.8 Å². The van der Waals surface area contributed by atoms with Crippen molar-refractivity contribution in [2.24, 2.45) is 5.92 Å². The Morgan fingerprint density at radius 2 is 1.82 bits per heavy atom. The van der Waals surface area contributed by atoms with Crippen LogP contribution in [0.15, 0.2) is 35.2 Å². The van der Waals surface area contributed by atoms with Crippen LogP contribution in [-0.4, -0.2) is 38.0 Å². The molecule has 5 heteroatoms. The van der Waals surface area contributed by atoms with E-state index < -0.39 is 9.84 Å². The molecule has 2 rings (SSSR count). The molecule has 1 aromatic carbocycles. The van der Waals surface area contributed by atoms with Gasteiger partial charge in [0.15, 0.2) is 9.84 Å². The molecular weight excluding hydrogens is 298 g/mol. The molecule has 1 saturated carbocycles. The first-order valence-electron chi connectivity index (χ1n) is 8.12. The normalized spacial score (nSPS) is 19.7. The minimum atomic E-state index is -3.27. The Morgan fingerprint density at radius 3 is 2.41 bits per heavy atom. The van der Waals surface area contributed by atoms with Crippen molar-refractivity contribution in [2.45, 2.75) is 49.5 Å². The highest BCUT2D eigenvalue weighted by atomic mass is 32.2. The zero-order valence-electron chi connectivity index (χ0n) is 13.3. The number of nitrogens with one attached hydrogen (secondary N) is 1. The van der Waals surface area contributed by atoms with E-state index in [1.54, 1.807) is 24.3 Å². The van der Waals surface area contributed by atoms with Crippen molar-refractivity contribution >= 4 is 9.84 Å². The highest BCUT2D eigenvalue weighted by Crippen LogP contribution is 2.32. The lowest BCUT2D eigenvalue weighted by Gasteiger charge is -2.39. The van der Waals surface area contributed by atoms with Gasteiger partial charge in [0.05, 0.1) is 17.3 Å². The van der Waals surface area contributed by atoms with Crippen molar-refractivity contribution < 1.29 is 13.5 Å². The zero-order valence-corrected chi connectivity index (χ0v) is 14.1. The molecule has 4 nitrogen and oxygen atoms in total. The fourth-order valence-electron chi connectivity index (χ4n) is 3.29. The van der Waals surface area contributed by atoms with Gasteiger partial charge in [0.1, 0.15) is 0 Å². The van der Waals surface area contributed by atoms with E-state index in [4.69, 9.17) is 0 Å². The second kappa shape index (κ2) is 7.57. The Kier molecular flexibility index (Phi) is 6.01. The number of aliphatic hydroxyl groups excluding tert-OH is 1. The molecule has 0 heterocycles. The molecule has 22 heavy (non-hydrogen) atoms. The summed E-state index contributed by atoms with van der Waals surface area (Å²) in [6.45, 7) is 2.42. The molecule has 1 aliphatic carbocycles. The highest BCUT2D eigenvalue weighted by Gasteiger charge is 2.34. The molecule has 124 valence electrons. The summed E-state index contributed by atoms with van der Waals surface area (Å²) < 4.78 is 24.6. The minimum Gasteiger partial charge on any atom is -0.394 e. The van der Waals surface area contributed by atoms with Crippen LogP contribution in [0.25, 0.3) is 0 Å². The third-order valence-electron chi connectivity index (χ3n) is 4.84. The molecule has 1 aromatic rings. The van der Waals surface area contributed by atoms with Gasteiger partial charge in [-0.3, -0.25) is 0 Å². The molecule has 0 amide bonds. The number of sulfone groups is 1. The van der Waals surface area contributed by atoms with E-state index in [0.717, 1.165) is 12.8 Å². The van der Waals surface area contributed by atoms with E-state index in [9.17, 15) is 13.5 Å². The summed E-state index contributed by atoms with van der Waals surface area (Å²) in [5, 5.41) is 13.1. The van der Waals surface area contributed by atoms with Gasteiger partial charge >= 0.3 is 0 Å². The summed E-state index contributed by atoms with van der Waals surface area (Å²) >= 11 is 0. The molecule has 1 unspecified atom stereocenters. The third kappa shape index (κ3) is 4.31. The molecule has 0 aliphatic heterocycles. The molecule has 0 spiro atoms. The van der Waals surface area contributed by atoms with Gasteiger partial charge in [-0.2, -0.15) is 0 Å². The number of benzene rings is 1. The molecule has 0 saturated heterocycles. The van der Waals surface area contributed by atoms with Gasteiger partial charge in [0.2, 0.25) is 0 Å². The maximum absolute atomic E-state index is 12.3. The van der Waals surface area contributed by atoms with E-state index in [1.807, 2.05) is 13.0 Å². The van der Waals surface area contributed by atoms with Crippen LogP contribution >= 0.6 is 0 Å². The SMILES string of the molecule is CC(CO)(NCCS(=O)(=O)c1ccccc1)C1CCCCC1. The van der Waals surface area contributed by atoms with Crippen molar-refractivity contribution in [3.05, 3.63) is 30.3 Å². The fraction of sp³-hybridized carbons (Fsp3) is 0.647. The molecule has 1 fully saturated rings. The molecule has 1 aliphatic rings. The quantitative estimate of drug-likeness (QED) is 0.808. The first kappa shape index (κ1) is 17.4. The van der Waals surface area contributed by atoms with Crippen molar-refractivity contribution in [2.75, 3.05) is 18.9 Å². The van der Waals surface area contributed by atoms with Crippen LogP contribution < -0.4 is 5.32 Å². The van der Waals surface area contributed by atoms with E-state index in [2.05, 4.69) is 5.32 Å². The van der Waals surface area contributed by atoms with Crippen molar-refractivity contribution in [3.8, 4) is 0 Å². The maximum atomic E-state index is 12.3. The highest BCUT2D eigenvalue weighted by molar-refractivity contribution is 7.91. The predicted octanol–water partition coefficient (Wildman–Crippen LogP) is 2.38. The van der Waals surface area contributed by atoms with Gasteiger partial charge in [-0.15, -0.1) is 0 Å². The van der Waals surface area contributed by atoms with Crippen LogP contribution in [-0.2, 0) is 9.84 Å². The second-order valence-corrected chi connectivity index (χ2v) is 8.58. The van der Waals surface area contributed by atoms with E-state index in [-0.39, 0.29) is 17.9 Å². The monoisotopic (exact) mass is 325 g/mol. The zero-order chi connectivity index (χ0) is 16.1. The lowest BCUT2D eigenvalue weighted by Crippen LogP contribution is -2.53. The van der Waals surface area contributed by atoms with Gasteiger partial charge < -0.3 is 10.4 Å². The maximum Gasteiger partial charge on any atom is 0.179 e. The van der Waals surface area contributed by atoms with Crippen LogP contribution in [0.3, 0.4) is 0 Å². The second-order valence-electron chi connectivity index (χ2n) is 6.47. The third-order valence-corrected chi connectivity index (χ3v) is 6.57. The summed E-state index contributed by atoms with van der Waals surface area (Å²) in [6.07, 6.45) is 5.87. The summed E-state index contributed by atoms with van der Waals surface area (Å²) in [5.41, 5.74) is -0.382. The van der Waals surface area contributed by atoms with Crippen LogP contribution in [0.2, 0.25) is 0 Å². The molecule has 0 radical (unpaired) electrons. The smallest absolute Gasteiger partial charge is 0.179 e. The number of rotatable bonds is 7. The number of hydrogen-bond acceptors (Lipinski definition) is 4. The lowest BCUT2D eigenvalue weighted by atomic mass is 9.76. The topological polar surface area (TPSA) is 66.4 Å². The Labute approximate surface area is 133 Å². The number of hydrogen-bond donors (Lipinski definition) is 2. The Balaban J connectivity index is 1.93. The van der Waals surface area contributed by atoms with Crippen molar-refractivity contribution in [1.82, 2.24) is 5.32 Å². The summed E-state index contributed by atoms with van der Waals surface area (Å²) in [7, 11) is -3.27. The number of aliphatic hydroxyl groups is 1. The Morgan fingerprint density at radius 1 is 1.18 bits per heavy atom. The largest absolute Gasteiger partial charge is 0.394 e. The van der Waals surface area contributed by atoms with Gasteiger partial charge in [-0.1, -0.05) is 37.5 Å². The molecule has 2 N–H and O–H groups in total. The Hall–Kier alpha value is -0.910. The molecule has 0 bridgehead atoms. The van der Waals surface area contributed by atoms with Gasteiger partial charge in [0.25, 0.3) is 0 Å². The summed E-state index contributed by atoms with van der Waals surface area (Å²) in [5.74, 6) is 0.477. The van der Waals surface area contributed by atoms with Crippen molar-refractivity contribution in [3.63, 3.8) is 0 Å². The first-order valence-corrected chi connectivity index (χ1v) is 9.77. The van der Waals surface area contributed by atoms with Crippen molar-refractivity contribution in [1.29, 1.82) is 0 Å². The molecular formula is C17H27NO3S. The van der Waals surface area contributed by atoms with E-state index >= 15 is 0 Å².